The second-order valence-electron chi connectivity index (χ2n) is 5.53. The van der Waals surface area contributed by atoms with Crippen LogP contribution in [0.5, 0.6) is 5.75 Å². The molecule has 18 heavy (non-hydrogen) atoms. The van der Waals surface area contributed by atoms with Crippen molar-refractivity contribution < 1.29 is 9.53 Å². The van der Waals surface area contributed by atoms with Crippen molar-refractivity contribution in [1.29, 1.82) is 0 Å². The van der Waals surface area contributed by atoms with E-state index in [2.05, 4.69) is 0 Å². The normalized spacial score (nSPS) is 13.2. The summed E-state index contributed by atoms with van der Waals surface area (Å²) >= 11 is 6.15. The molecule has 0 fully saturated rings. The van der Waals surface area contributed by atoms with Crippen molar-refractivity contribution in [3.05, 3.63) is 28.8 Å². The Balaban J connectivity index is 2.96. The van der Waals surface area contributed by atoms with Crippen LogP contribution < -0.4 is 4.74 Å². The zero-order valence-electron chi connectivity index (χ0n) is 11.7. The van der Waals surface area contributed by atoms with Crippen molar-refractivity contribution in [1.82, 2.24) is 0 Å². The summed E-state index contributed by atoms with van der Waals surface area (Å²) in [7, 11) is 0. The Morgan fingerprint density at radius 1 is 1.39 bits per heavy atom. The average molecular weight is 269 g/mol. The van der Waals surface area contributed by atoms with E-state index in [4.69, 9.17) is 16.3 Å². The first-order valence-electron chi connectivity index (χ1n) is 6.27. The van der Waals surface area contributed by atoms with E-state index in [0.29, 0.717) is 16.3 Å². The lowest BCUT2D eigenvalue weighted by Gasteiger charge is -2.22. The van der Waals surface area contributed by atoms with Crippen molar-refractivity contribution in [2.24, 2.45) is 5.92 Å². The number of rotatable bonds is 4. The van der Waals surface area contributed by atoms with Crippen LogP contribution in [0.2, 0.25) is 5.02 Å². The first-order valence-corrected chi connectivity index (χ1v) is 6.65. The van der Waals surface area contributed by atoms with E-state index in [-0.39, 0.29) is 17.3 Å². The molecule has 1 atom stereocenters. The molecule has 1 aromatic rings. The molecular weight excluding hydrogens is 248 g/mol. The Labute approximate surface area is 114 Å². The highest BCUT2D eigenvalue weighted by Gasteiger charge is 2.17. The number of carbonyl (C=O) groups is 1. The van der Waals surface area contributed by atoms with Gasteiger partial charge in [0, 0.05) is 11.5 Å². The molecule has 1 rings (SSSR count). The van der Waals surface area contributed by atoms with E-state index < -0.39 is 0 Å². The van der Waals surface area contributed by atoms with Gasteiger partial charge in [0.25, 0.3) is 0 Å². The van der Waals surface area contributed by atoms with Gasteiger partial charge < -0.3 is 4.74 Å². The Hall–Kier alpha value is -1.02. The predicted molar refractivity (Wildman–Crippen MR) is 75.6 cm³/mol. The number of ether oxygens (including phenoxy) is 1. The fraction of sp³-hybridized carbons (Fsp3) is 0.533. The van der Waals surface area contributed by atoms with Gasteiger partial charge in [0.15, 0.2) is 5.78 Å². The molecule has 0 aliphatic heterocycles. The molecule has 0 saturated heterocycles. The van der Waals surface area contributed by atoms with E-state index >= 15 is 0 Å². The molecule has 0 aliphatic carbocycles. The number of halogens is 1. The first kappa shape index (κ1) is 15.0. The zero-order chi connectivity index (χ0) is 13.9. The molecule has 0 aromatic heterocycles. The van der Waals surface area contributed by atoms with E-state index in [9.17, 15) is 4.79 Å². The van der Waals surface area contributed by atoms with Crippen LogP contribution in [-0.2, 0) is 0 Å². The molecule has 0 aliphatic rings. The van der Waals surface area contributed by atoms with Crippen molar-refractivity contribution in [3.8, 4) is 5.75 Å². The summed E-state index contributed by atoms with van der Waals surface area (Å²) in [5.74, 6) is 0.766. The predicted octanol–water partition coefficient (Wildman–Crippen LogP) is 4.75. The number of hydrogen-bond acceptors (Lipinski definition) is 2. The van der Waals surface area contributed by atoms with Gasteiger partial charge in [-0.3, -0.25) is 4.79 Å². The van der Waals surface area contributed by atoms with Crippen LogP contribution in [0.15, 0.2) is 18.2 Å². The van der Waals surface area contributed by atoms with Crippen LogP contribution in [0.4, 0.5) is 0 Å². The largest absolute Gasteiger partial charge is 0.487 e. The molecule has 0 unspecified atom stereocenters. The minimum atomic E-state index is -0.300. The van der Waals surface area contributed by atoms with Gasteiger partial charge in [-0.1, -0.05) is 25.4 Å². The standard InChI is InChI=1S/C15H21ClO2/c1-6-10(2)14(17)11-7-8-13(12(16)9-11)18-15(3,4)5/h7-10H,6H2,1-5H3/t10-/m1/s1. The zero-order valence-corrected chi connectivity index (χ0v) is 12.5. The fourth-order valence-corrected chi connectivity index (χ4v) is 1.76. The lowest BCUT2D eigenvalue weighted by Crippen LogP contribution is -2.23. The summed E-state index contributed by atoms with van der Waals surface area (Å²) in [6.07, 6.45) is 0.830. The molecular formula is C15H21ClO2. The Morgan fingerprint density at radius 3 is 2.44 bits per heavy atom. The molecule has 0 spiro atoms. The van der Waals surface area contributed by atoms with Gasteiger partial charge in [-0.05, 0) is 45.4 Å². The number of ketones is 1. The van der Waals surface area contributed by atoms with E-state index in [0.717, 1.165) is 6.42 Å². The highest BCUT2D eigenvalue weighted by molar-refractivity contribution is 6.32. The van der Waals surface area contributed by atoms with Gasteiger partial charge >= 0.3 is 0 Å². The third-order valence-corrected chi connectivity index (χ3v) is 2.99. The summed E-state index contributed by atoms with van der Waals surface area (Å²) in [5.41, 5.74) is 0.349. The summed E-state index contributed by atoms with van der Waals surface area (Å²) in [4.78, 5) is 12.0. The summed E-state index contributed by atoms with van der Waals surface area (Å²) in [6.45, 7) is 9.81. The number of benzene rings is 1. The van der Waals surface area contributed by atoms with Crippen LogP contribution in [0, 0.1) is 5.92 Å². The van der Waals surface area contributed by atoms with E-state index in [1.807, 2.05) is 34.6 Å². The molecule has 0 amide bonds. The smallest absolute Gasteiger partial charge is 0.165 e. The maximum absolute atomic E-state index is 12.0. The molecule has 2 nitrogen and oxygen atoms in total. The third-order valence-electron chi connectivity index (χ3n) is 2.69. The molecule has 0 bridgehead atoms. The molecule has 3 heteroatoms. The maximum Gasteiger partial charge on any atom is 0.165 e. The highest BCUT2D eigenvalue weighted by Crippen LogP contribution is 2.29. The number of carbonyl (C=O) groups excluding carboxylic acids is 1. The van der Waals surface area contributed by atoms with Crippen LogP contribution in [-0.4, -0.2) is 11.4 Å². The van der Waals surface area contributed by atoms with Gasteiger partial charge in [0.1, 0.15) is 11.4 Å². The molecule has 0 saturated carbocycles. The quantitative estimate of drug-likeness (QED) is 0.737. The fourth-order valence-electron chi connectivity index (χ4n) is 1.54. The molecule has 1 aromatic carbocycles. The number of hydrogen-bond donors (Lipinski definition) is 0. The summed E-state index contributed by atoms with van der Waals surface area (Å²) in [6, 6.07) is 5.24. The highest BCUT2D eigenvalue weighted by atomic mass is 35.5. The molecule has 0 radical (unpaired) electrons. The molecule has 0 heterocycles. The van der Waals surface area contributed by atoms with Gasteiger partial charge in [-0.25, -0.2) is 0 Å². The third kappa shape index (κ3) is 4.02. The minimum absolute atomic E-state index is 0.0236. The van der Waals surface area contributed by atoms with Gasteiger partial charge in [-0.2, -0.15) is 0 Å². The second-order valence-corrected chi connectivity index (χ2v) is 5.94. The van der Waals surface area contributed by atoms with E-state index in [1.54, 1.807) is 18.2 Å². The van der Waals surface area contributed by atoms with Crippen molar-refractivity contribution in [3.63, 3.8) is 0 Å². The van der Waals surface area contributed by atoms with Crippen molar-refractivity contribution in [2.75, 3.05) is 0 Å². The lowest BCUT2D eigenvalue weighted by atomic mass is 9.97. The summed E-state index contributed by atoms with van der Waals surface area (Å²) < 4.78 is 5.71. The Kier molecular flexibility index (Phi) is 4.80. The monoisotopic (exact) mass is 268 g/mol. The molecule has 0 N–H and O–H groups in total. The Morgan fingerprint density at radius 2 is 2.00 bits per heavy atom. The maximum atomic E-state index is 12.0. The van der Waals surface area contributed by atoms with Crippen LogP contribution in [0.3, 0.4) is 0 Å². The van der Waals surface area contributed by atoms with Crippen LogP contribution >= 0.6 is 11.6 Å². The van der Waals surface area contributed by atoms with Gasteiger partial charge in [-0.15, -0.1) is 0 Å². The van der Waals surface area contributed by atoms with Crippen molar-refractivity contribution in [2.45, 2.75) is 46.6 Å². The Bertz CT molecular complexity index is 433. The first-order chi connectivity index (χ1) is 8.24. The summed E-state index contributed by atoms with van der Waals surface area (Å²) in [5, 5.41) is 0.485. The minimum Gasteiger partial charge on any atom is -0.487 e. The van der Waals surface area contributed by atoms with Gasteiger partial charge in [0.2, 0.25) is 0 Å². The van der Waals surface area contributed by atoms with E-state index in [1.165, 1.54) is 0 Å². The van der Waals surface area contributed by atoms with Crippen LogP contribution in [0.1, 0.15) is 51.4 Å². The van der Waals surface area contributed by atoms with Crippen LogP contribution in [0.25, 0.3) is 0 Å². The topological polar surface area (TPSA) is 26.3 Å². The SMILES string of the molecule is CC[C@@H](C)C(=O)c1ccc(OC(C)(C)C)c(Cl)c1. The molecule has 100 valence electrons. The van der Waals surface area contributed by atoms with Crippen molar-refractivity contribution >= 4 is 17.4 Å². The van der Waals surface area contributed by atoms with Gasteiger partial charge in [0.05, 0.1) is 5.02 Å². The number of Topliss-reactive ketones (excluding diaryl/α,β-unsaturated/α-hetero) is 1. The lowest BCUT2D eigenvalue weighted by molar-refractivity contribution is 0.0927. The average Bonchev–Trinajstić information content (AvgIpc) is 2.28. The second kappa shape index (κ2) is 5.75.